The quantitative estimate of drug-likeness (QED) is 0.868. The number of benzene rings is 1. The molecular formula is C18H22N2O5. The first-order chi connectivity index (χ1) is 12.0. The number of aromatic carboxylic acids is 1. The molecule has 2 aromatic rings. The summed E-state index contributed by atoms with van der Waals surface area (Å²) in [6.45, 7) is 1.84. The molecule has 1 aromatic heterocycles. The lowest BCUT2D eigenvalue weighted by molar-refractivity contribution is 0.0526. The van der Waals surface area contributed by atoms with Crippen LogP contribution in [0.2, 0.25) is 0 Å². The van der Waals surface area contributed by atoms with E-state index in [4.69, 9.17) is 14.3 Å². The number of carbonyl (C=O) groups excluding carboxylic acids is 1. The van der Waals surface area contributed by atoms with Crippen molar-refractivity contribution in [3.8, 4) is 0 Å². The number of ether oxygens (including phenoxy) is 1. The molecule has 0 unspecified atom stereocenters. The van der Waals surface area contributed by atoms with Gasteiger partial charge in [0.05, 0.1) is 5.56 Å². The highest BCUT2D eigenvalue weighted by molar-refractivity contribution is 5.92. The highest BCUT2D eigenvalue weighted by atomic mass is 16.5. The molecule has 2 heterocycles. The Balaban J connectivity index is 1.53. The first-order valence-electron chi connectivity index (χ1n) is 8.39. The van der Waals surface area contributed by atoms with Gasteiger partial charge in [-0.05, 0) is 31.0 Å². The molecule has 0 aliphatic carbocycles. The van der Waals surface area contributed by atoms with E-state index in [0.717, 1.165) is 18.2 Å². The van der Waals surface area contributed by atoms with Crippen LogP contribution in [0, 0.1) is 0 Å². The van der Waals surface area contributed by atoms with E-state index >= 15 is 0 Å². The standard InChI is InChI=1S/C18H22N2O5/c1-20(14-5-8-24-9-6-14)18(23)19-7-4-15-10-12-2-3-13(17(21)22)11-16(12)25-15/h2-3,10-11,14H,4-9H2,1H3,(H,19,23)(H,21,22). The lowest BCUT2D eigenvalue weighted by atomic mass is 10.1. The molecule has 0 saturated carbocycles. The molecule has 1 aliphatic heterocycles. The average Bonchev–Trinajstić information content (AvgIpc) is 3.03. The number of carboxylic acids is 1. The monoisotopic (exact) mass is 346 g/mol. The topological polar surface area (TPSA) is 92.0 Å². The summed E-state index contributed by atoms with van der Waals surface area (Å²) in [6.07, 6.45) is 2.27. The molecule has 7 heteroatoms. The van der Waals surface area contributed by atoms with Crippen LogP contribution in [0.5, 0.6) is 0 Å². The van der Waals surface area contributed by atoms with Crippen molar-refractivity contribution in [3.05, 3.63) is 35.6 Å². The Hall–Kier alpha value is -2.54. The molecule has 0 atom stereocenters. The van der Waals surface area contributed by atoms with Gasteiger partial charge in [-0.1, -0.05) is 6.07 Å². The van der Waals surface area contributed by atoms with Crippen LogP contribution in [0.3, 0.4) is 0 Å². The van der Waals surface area contributed by atoms with E-state index in [1.807, 2.05) is 6.07 Å². The third kappa shape index (κ3) is 4.11. The van der Waals surface area contributed by atoms with E-state index < -0.39 is 5.97 Å². The van der Waals surface area contributed by atoms with Gasteiger partial charge < -0.3 is 24.5 Å². The number of urea groups is 1. The summed E-state index contributed by atoms with van der Waals surface area (Å²) in [6, 6.07) is 6.77. The molecule has 1 fully saturated rings. The number of rotatable bonds is 5. The number of hydrogen-bond donors (Lipinski definition) is 2. The Morgan fingerprint density at radius 1 is 1.28 bits per heavy atom. The average molecular weight is 346 g/mol. The molecule has 0 radical (unpaired) electrons. The zero-order chi connectivity index (χ0) is 17.8. The van der Waals surface area contributed by atoms with Gasteiger partial charge in [0, 0.05) is 44.7 Å². The van der Waals surface area contributed by atoms with Gasteiger partial charge in [0.1, 0.15) is 11.3 Å². The van der Waals surface area contributed by atoms with Crippen LogP contribution in [0.4, 0.5) is 4.79 Å². The van der Waals surface area contributed by atoms with Crippen molar-refractivity contribution < 1.29 is 23.8 Å². The molecule has 1 aromatic carbocycles. The van der Waals surface area contributed by atoms with E-state index in [-0.39, 0.29) is 17.6 Å². The fourth-order valence-corrected chi connectivity index (χ4v) is 3.00. The molecule has 7 nitrogen and oxygen atoms in total. The summed E-state index contributed by atoms with van der Waals surface area (Å²) in [7, 11) is 1.81. The Labute approximate surface area is 145 Å². The Bertz CT molecular complexity index is 764. The van der Waals surface area contributed by atoms with Crippen molar-refractivity contribution >= 4 is 23.0 Å². The van der Waals surface area contributed by atoms with Crippen LogP contribution in [-0.2, 0) is 11.2 Å². The van der Waals surface area contributed by atoms with Crippen molar-refractivity contribution in [2.24, 2.45) is 0 Å². The van der Waals surface area contributed by atoms with Crippen LogP contribution >= 0.6 is 0 Å². The van der Waals surface area contributed by atoms with E-state index in [0.29, 0.717) is 37.5 Å². The van der Waals surface area contributed by atoms with Gasteiger partial charge >= 0.3 is 12.0 Å². The molecule has 0 spiro atoms. The van der Waals surface area contributed by atoms with Crippen molar-refractivity contribution in [1.29, 1.82) is 0 Å². The molecular weight excluding hydrogens is 324 g/mol. The third-order valence-corrected chi connectivity index (χ3v) is 4.52. The maximum absolute atomic E-state index is 12.2. The molecule has 3 rings (SSSR count). The summed E-state index contributed by atoms with van der Waals surface area (Å²) in [5.41, 5.74) is 0.736. The zero-order valence-electron chi connectivity index (χ0n) is 14.2. The second-order valence-corrected chi connectivity index (χ2v) is 6.21. The van der Waals surface area contributed by atoms with Crippen molar-refractivity contribution in [1.82, 2.24) is 10.2 Å². The molecule has 1 aliphatic rings. The van der Waals surface area contributed by atoms with E-state index in [9.17, 15) is 9.59 Å². The van der Waals surface area contributed by atoms with Gasteiger partial charge in [-0.15, -0.1) is 0 Å². The van der Waals surface area contributed by atoms with Gasteiger partial charge in [-0.3, -0.25) is 0 Å². The van der Waals surface area contributed by atoms with Crippen LogP contribution < -0.4 is 5.32 Å². The summed E-state index contributed by atoms with van der Waals surface area (Å²) < 4.78 is 11.0. The minimum atomic E-state index is -0.983. The second kappa shape index (κ2) is 7.57. The van der Waals surface area contributed by atoms with Gasteiger partial charge in [0.25, 0.3) is 0 Å². The first-order valence-corrected chi connectivity index (χ1v) is 8.39. The number of amides is 2. The second-order valence-electron chi connectivity index (χ2n) is 6.21. The number of fused-ring (bicyclic) bond motifs is 1. The normalized spacial score (nSPS) is 15.2. The number of hydrogen-bond acceptors (Lipinski definition) is 4. The Morgan fingerprint density at radius 2 is 2.04 bits per heavy atom. The maximum atomic E-state index is 12.2. The highest BCUT2D eigenvalue weighted by Gasteiger charge is 2.22. The van der Waals surface area contributed by atoms with Crippen LogP contribution in [0.25, 0.3) is 11.0 Å². The van der Waals surface area contributed by atoms with Gasteiger partial charge in [0.2, 0.25) is 0 Å². The van der Waals surface area contributed by atoms with Crippen molar-refractivity contribution in [2.75, 3.05) is 26.8 Å². The molecule has 25 heavy (non-hydrogen) atoms. The number of furan rings is 1. The SMILES string of the molecule is CN(C(=O)NCCc1cc2ccc(C(=O)O)cc2o1)C1CCOCC1. The molecule has 2 N–H and O–H groups in total. The fourth-order valence-electron chi connectivity index (χ4n) is 3.00. The maximum Gasteiger partial charge on any atom is 0.335 e. The number of carboxylic acid groups (broad SMARTS) is 1. The van der Waals surface area contributed by atoms with Crippen molar-refractivity contribution in [3.63, 3.8) is 0 Å². The van der Waals surface area contributed by atoms with E-state index in [2.05, 4.69) is 5.32 Å². The number of carbonyl (C=O) groups is 2. The molecule has 0 bridgehead atoms. The lowest BCUT2D eigenvalue weighted by Gasteiger charge is -2.31. The predicted octanol–water partition coefficient (Wildman–Crippen LogP) is 2.49. The van der Waals surface area contributed by atoms with Gasteiger partial charge in [-0.25, -0.2) is 9.59 Å². The molecule has 134 valence electrons. The minimum Gasteiger partial charge on any atom is -0.478 e. The van der Waals surface area contributed by atoms with E-state index in [1.165, 1.54) is 6.07 Å². The summed E-state index contributed by atoms with van der Waals surface area (Å²) >= 11 is 0. The summed E-state index contributed by atoms with van der Waals surface area (Å²) in [4.78, 5) is 24.9. The molecule has 1 saturated heterocycles. The van der Waals surface area contributed by atoms with Crippen LogP contribution in [0.15, 0.2) is 28.7 Å². The smallest absolute Gasteiger partial charge is 0.335 e. The Morgan fingerprint density at radius 3 is 2.76 bits per heavy atom. The van der Waals surface area contributed by atoms with Gasteiger partial charge in [-0.2, -0.15) is 0 Å². The third-order valence-electron chi connectivity index (χ3n) is 4.52. The summed E-state index contributed by atoms with van der Waals surface area (Å²) in [5.74, 6) is -0.269. The van der Waals surface area contributed by atoms with Crippen molar-refractivity contribution in [2.45, 2.75) is 25.3 Å². The minimum absolute atomic E-state index is 0.101. The van der Waals surface area contributed by atoms with E-state index in [1.54, 1.807) is 24.1 Å². The fraction of sp³-hybridized carbons (Fsp3) is 0.444. The Kier molecular flexibility index (Phi) is 5.23. The summed E-state index contributed by atoms with van der Waals surface area (Å²) in [5, 5.41) is 12.8. The zero-order valence-corrected chi connectivity index (χ0v) is 14.2. The molecule has 2 amide bonds. The van der Waals surface area contributed by atoms with Gasteiger partial charge in [0.15, 0.2) is 0 Å². The highest BCUT2D eigenvalue weighted by Crippen LogP contribution is 2.21. The predicted molar refractivity (Wildman–Crippen MR) is 91.9 cm³/mol. The largest absolute Gasteiger partial charge is 0.478 e. The number of nitrogens with zero attached hydrogens (tertiary/aromatic N) is 1. The first kappa shape index (κ1) is 17.3. The number of nitrogens with one attached hydrogen (secondary N) is 1. The van der Waals surface area contributed by atoms with Crippen LogP contribution in [-0.4, -0.2) is 54.9 Å². The van der Waals surface area contributed by atoms with Crippen LogP contribution in [0.1, 0.15) is 29.0 Å². The lowest BCUT2D eigenvalue weighted by Crippen LogP contribution is -2.46.